The van der Waals surface area contributed by atoms with E-state index < -0.39 is 29.5 Å². The lowest BCUT2D eigenvalue weighted by molar-refractivity contribution is -0.147. The second-order valence-corrected chi connectivity index (χ2v) is 11.3. The van der Waals surface area contributed by atoms with Crippen LogP contribution in [-0.2, 0) is 32.2 Å². The molecule has 1 saturated heterocycles. The predicted molar refractivity (Wildman–Crippen MR) is 139 cm³/mol. The van der Waals surface area contributed by atoms with Crippen molar-refractivity contribution in [2.24, 2.45) is 11.8 Å². The van der Waals surface area contributed by atoms with Crippen molar-refractivity contribution in [2.45, 2.75) is 71.2 Å². The van der Waals surface area contributed by atoms with E-state index >= 15 is 0 Å². The number of aryl methyl sites for hydroxylation is 1. The van der Waals surface area contributed by atoms with Gasteiger partial charge in [0.1, 0.15) is 5.60 Å². The minimum Gasteiger partial charge on any atom is -0.481 e. The minimum atomic E-state index is -0.997. The molecule has 4 rings (SSSR count). The molecule has 9 heteroatoms. The summed E-state index contributed by atoms with van der Waals surface area (Å²) in [4.78, 5) is 41.9. The molecular formula is C28H39N3O6. The van der Waals surface area contributed by atoms with E-state index in [4.69, 9.17) is 9.47 Å². The largest absolute Gasteiger partial charge is 0.481 e. The average molecular weight is 514 g/mol. The molecule has 2 aromatic rings. The first-order chi connectivity index (χ1) is 17.6. The number of carbonyl (C=O) groups excluding carboxylic acids is 2. The topological polar surface area (TPSA) is 101 Å². The Kier molecular flexibility index (Phi) is 8.11. The van der Waals surface area contributed by atoms with E-state index in [0.717, 1.165) is 42.3 Å². The summed E-state index contributed by atoms with van der Waals surface area (Å²) in [7, 11) is 1.70. The third-order valence-corrected chi connectivity index (χ3v) is 7.03. The highest BCUT2D eigenvalue weighted by molar-refractivity contribution is 5.86. The van der Waals surface area contributed by atoms with Crippen LogP contribution in [0.15, 0.2) is 30.5 Å². The van der Waals surface area contributed by atoms with Crippen molar-refractivity contribution in [2.75, 3.05) is 26.8 Å². The van der Waals surface area contributed by atoms with Gasteiger partial charge in [-0.05, 0) is 58.1 Å². The van der Waals surface area contributed by atoms with Gasteiger partial charge in [-0.25, -0.2) is 4.79 Å². The monoisotopic (exact) mass is 513 g/mol. The zero-order valence-corrected chi connectivity index (χ0v) is 22.3. The molecule has 0 unspecified atom stereocenters. The summed E-state index contributed by atoms with van der Waals surface area (Å²) in [6, 6.07) is 8.33. The van der Waals surface area contributed by atoms with Crippen LogP contribution >= 0.6 is 0 Å². The van der Waals surface area contributed by atoms with Crippen molar-refractivity contribution >= 4 is 28.9 Å². The van der Waals surface area contributed by atoms with Crippen molar-refractivity contribution in [3.63, 3.8) is 0 Å². The Balaban J connectivity index is 1.56. The first kappa shape index (κ1) is 27.0. The van der Waals surface area contributed by atoms with Gasteiger partial charge >= 0.3 is 12.1 Å². The number of aliphatic carboxylic acids is 1. The standard InChI is InChI=1S/C28H39N3O6/c1-28(2,3)37-27(35)30-15-19(14-20(16-30)26(33)34)25(32)31(22-10-11-22)18-21-17-29(12-7-13-36-4)24-9-6-5-8-23(21)24/h5-6,8-9,17,19-20,22H,7,10-16,18H2,1-4H3,(H,33,34)/t19-,20+/m0/s1. The number of carbonyl (C=O) groups is 3. The van der Waals surface area contributed by atoms with Crippen LogP contribution < -0.4 is 0 Å². The Hall–Kier alpha value is -3.07. The number of piperidine rings is 1. The maximum absolute atomic E-state index is 13.9. The van der Waals surface area contributed by atoms with Crippen LogP contribution in [-0.4, -0.2) is 75.9 Å². The highest BCUT2D eigenvalue weighted by atomic mass is 16.6. The zero-order valence-electron chi connectivity index (χ0n) is 22.3. The van der Waals surface area contributed by atoms with E-state index in [1.165, 1.54) is 4.90 Å². The molecule has 0 radical (unpaired) electrons. The first-order valence-electron chi connectivity index (χ1n) is 13.1. The van der Waals surface area contributed by atoms with Gasteiger partial charge in [-0.1, -0.05) is 18.2 Å². The molecule has 2 amide bonds. The highest BCUT2D eigenvalue weighted by Gasteiger charge is 2.43. The van der Waals surface area contributed by atoms with E-state index in [1.807, 2.05) is 17.0 Å². The molecule has 1 aromatic carbocycles. The van der Waals surface area contributed by atoms with Gasteiger partial charge in [-0.15, -0.1) is 0 Å². The van der Waals surface area contributed by atoms with Crippen LogP contribution in [0.4, 0.5) is 4.79 Å². The minimum absolute atomic E-state index is 0.0480. The Labute approximate surface area is 218 Å². The van der Waals surface area contributed by atoms with E-state index in [9.17, 15) is 19.5 Å². The number of rotatable bonds is 9. The number of benzene rings is 1. The third kappa shape index (κ3) is 6.63. The van der Waals surface area contributed by atoms with Gasteiger partial charge in [-0.2, -0.15) is 0 Å². The van der Waals surface area contributed by atoms with Crippen molar-refractivity contribution in [1.82, 2.24) is 14.4 Å². The lowest BCUT2D eigenvalue weighted by atomic mass is 9.88. The van der Waals surface area contributed by atoms with Gasteiger partial charge in [0.2, 0.25) is 5.91 Å². The number of para-hydroxylation sites is 1. The van der Waals surface area contributed by atoms with Gasteiger partial charge < -0.3 is 28.9 Å². The highest BCUT2D eigenvalue weighted by Crippen LogP contribution is 2.34. The number of likely N-dealkylation sites (tertiary alicyclic amines) is 1. The summed E-state index contributed by atoms with van der Waals surface area (Å²) >= 11 is 0. The summed E-state index contributed by atoms with van der Waals surface area (Å²) < 4.78 is 12.9. The number of methoxy groups -OCH3 is 1. The smallest absolute Gasteiger partial charge is 0.410 e. The normalized spacial score (nSPS) is 20.2. The van der Waals surface area contributed by atoms with Crippen molar-refractivity contribution in [3.8, 4) is 0 Å². The molecule has 1 N–H and O–H groups in total. The molecule has 2 fully saturated rings. The zero-order chi connectivity index (χ0) is 26.7. The van der Waals surface area contributed by atoms with E-state index in [0.29, 0.717) is 13.2 Å². The molecule has 1 saturated carbocycles. The molecule has 2 aliphatic rings. The van der Waals surface area contributed by atoms with E-state index in [1.54, 1.807) is 27.9 Å². The van der Waals surface area contributed by atoms with Gasteiger partial charge in [-0.3, -0.25) is 9.59 Å². The summed E-state index contributed by atoms with van der Waals surface area (Å²) in [6.45, 7) is 7.48. The Bertz CT molecular complexity index is 1130. The first-order valence-corrected chi connectivity index (χ1v) is 13.1. The lowest BCUT2D eigenvalue weighted by Crippen LogP contribution is -2.52. The lowest BCUT2D eigenvalue weighted by Gasteiger charge is -2.38. The van der Waals surface area contributed by atoms with Crippen LogP contribution in [0.5, 0.6) is 0 Å². The van der Waals surface area contributed by atoms with Crippen molar-refractivity contribution in [1.29, 1.82) is 0 Å². The summed E-state index contributed by atoms with van der Waals surface area (Å²) in [5, 5.41) is 10.9. The second-order valence-electron chi connectivity index (χ2n) is 11.3. The molecule has 1 aliphatic carbocycles. The average Bonchev–Trinajstić information content (AvgIpc) is 3.63. The fourth-order valence-electron chi connectivity index (χ4n) is 5.14. The summed E-state index contributed by atoms with van der Waals surface area (Å²) in [5.74, 6) is -2.47. The van der Waals surface area contributed by atoms with Gasteiger partial charge in [0.25, 0.3) is 0 Å². The fourth-order valence-corrected chi connectivity index (χ4v) is 5.14. The molecule has 9 nitrogen and oxygen atoms in total. The number of hydrogen-bond acceptors (Lipinski definition) is 5. The van der Waals surface area contributed by atoms with Crippen LogP contribution in [0.3, 0.4) is 0 Å². The number of carboxylic acids is 1. The molecule has 2 atom stereocenters. The van der Waals surface area contributed by atoms with Crippen molar-refractivity contribution in [3.05, 3.63) is 36.0 Å². The Morgan fingerprint density at radius 3 is 2.46 bits per heavy atom. The summed E-state index contributed by atoms with van der Waals surface area (Å²) in [6.07, 6.45) is 4.52. The van der Waals surface area contributed by atoms with Gasteiger partial charge in [0.05, 0.1) is 11.8 Å². The SMILES string of the molecule is COCCCn1cc(CN(C(=O)[C@H]2C[C@@H](C(=O)O)CN(C(=O)OC(C)(C)C)C2)C2CC2)c2ccccc21. The van der Waals surface area contributed by atoms with Crippen LogP contribution in [0.25, 0.3) is 10.9 Å². The quantitative estimate of drug-likeness (QED) is 0.506. The molecule has 37 heavy (non-hydrogen) atoms. The molecular weight excluding hydrogens is 474 g/mol. The van der Waals surface area contributed by atoms with Crippen LogP contribution in [0, 0.1) is 11.8 Å². The number of ether oxygens (including phenoxy) is 2. The molecule has 0 bridgehead atoms. The predicted octanol–water partition coefficient (Wildman–Crippen LogP) is 4.13. The summed E-state index contributed by atoms with van der Waals surface area (Å²) in [5.41, 5.74) is 1.49. The fraction of sp³-hybridized carbons (Fsp3) is 0.607. The number of aromatic nitrogens is 1. The van der Waals surface area contributed by atoms with E-state index in [-0.39, 0.29) is 31.5 Å². The van der Waals surface area contributed by atoms with Gasteiger partial charge in [0, 0.05) is 63.0 Å². The molecule has 202 valence electrons. The molecule has 1 aliphatic heterocycles. The molecule has 1 aromatic heterocycles. The Morgan fingerprint density at radius 1 is 1.11 bits per heavy atom. The van der Waals surface area contributed by atoms with E-state index in [2.05, 4.69) is 22.9 Å². The second kappa shape index (κ2) is 11.1. The maximum Gasteiger partial charge on any atom is 0.410 e. The Morgan fingerprint density at radius 2 is 1.81 bits per heavy atom. The van der Waals surface area contributed by atoms with Crippen LogP contribution in [0.1, 0.15) is 52.0 Å². The molecule has 0 spiro atoms. The number of carboxylic acid groups (broad SMARTS) is 1. The number of amides is 2. The molecule has 2 heterocycles. The third-order valence-electron chi connectivity index (χ3n) is 7.03. The number of fused-ring (bicyclic) bond motifs is 1. The van der Waals surface area contributed by atoms with Crippen molar-refractivity contribution < 1.29 is 29.0 Å². The number of nitrogens with zero attached hydrogens (tertiary/aromatic N) is 3. The number of hydrogen-bond donors (Lipinski definition) is 1. The van der Waals surface area contributed by atoms with Crippen LogP contribution in [0.2, 0.25) is 0 Å². The maximum atomic E-state index is 13.9. The van der Waals surface area contributed by atoms with Gasteiger partial charge in [0.15, 0.2) is 0 Å².